The Kier molecular flexibility index (Phi) is 8.08. The van der Waals surface area contributed by atoms with E-state index in [2.05, 4.69) is 14.1 Å². The maximum Gasteiger partial charge on any atom is 0.416 e. The zero-order valence-electron chi connectivity index (χ0n) is 17.1. The Morgan fingerprint density at radius 3 is 1.97 bits per heavy atom. The van der Waals surface area contributed by atoms with Gasteiger partial charge in [-0.3, -0.25) is 0 Å². The van der Waals surface area contributed by atoms with Crippen LogP contribution in [0.2, 0.25) is 0 Å². The highest BCUT2D eigenvalue weighted by atomic mass is 127. The molecule has 0 aromatic heterocycles. The summed E-state index contributed by atoms with van der Waals surface area (Å²) in [5.74, 6) is 0. The molecule has 0 spiro atoms. The van der Waals surface area contributed by atoms with Crippen molar-refractivity contribution in [1.29, 1.82) is 0 Å². The number of piperidine rings is 1. The Morgan fingerprint density at radius 2 is 1.45 bits per heavy atom. The van der Waals surface area contributed by atoms with E-state index < -0.39 is 23.5 Å². The van der Waals surface area contributed by atoms with E-state index in [-0.39, 0.29) is 54.4 Å². The van der Waals surface area contributed by atoms with Gasteiger partial charge in [-0.15, -0.1) is 0 Å². The molecule has 2 aromatic carbocycles. The lowest BCUT2D eigenvalue weighted by atomic mass is 9.90. The molecule has 1 fully saturated rings. The number of quaternary nitrogens is 1. The first-order valence-electron chi connectivity index (χ1n) is 9.65. The van der Waals surface area contributed by atoms with Crippen LogP contribution >= 0.6 is 0 Å². The van der Waals surface area contributed by atoms with Gasteiger partial charge in [0.25, 0.3) is 0 Å². The third-order valence-electron chi connectivity index (χ3n) is 5.58. The average molecular weight is 559 g/mol. The van der Waals surface area contributed by atoms with Gasteiger partial charge in [0.1, 0.15) is 12.1 Å². The number of likely N-dealkylation sites (tertiary alicyclic amines) is 1. The van der Waals surface area contributed by atoms with Crippen molar-refractivity contribution in [3.05, 3.63) is 70.8 Å². The fourth-order valence-electron chi connectivity index (χ4n) is 4.20. The number of hydrogen-bond acceptors (Lipinski definition) is 1. The lowest BCUT2D eigenvalue weighted by molar-refractivity contribution is -0.930. The van der Waals surface area contributed by atoms with E-state index in [9.17, 15) is 26.3 Å². The number of ether oxygens (including phenoxy) is 1. The number of likely N-dealkylation sites (N-methyl/N-ethyl adjacent to an activating group) is 1. The zero-order chi connectivity index (χ0) is 22.2. The van der Waals surface area contributed by atoms with Crippen molar-refractivity contribution in [2.24, 2.45) is 0 Å². The van der Waals surface area contributed by atoms with Crippen molar-refractivity contribution in [1.82, 2.24) is 0 Å². The Hall–Kier alpha value is -1.33. The van der Waals surface area contributed by atoms with E-state index in [4.69, 9.17) is 4.74 Å². The van der Waals surface area contributed by atoms with Crippen LogP contribution in [0.1, 0.15) is 41.1 Å². The normalized spacial score (nSPS) is 21.4. The lowest BCUT2D eigenvalue weighted by Gasteiger charge is -2.45. The van der Waals surface area contributed by atoms with Crippen LogP contribution in [-0.2, 0) is 23.7 Å². The monoisotopic (exact) mass is 559 g/mol. The van der Waals surface area contributed by atoms with E-state index >= 15 is 0 Å². The molecule has 1 heterocycles. The second-order valence-corrected chi connectivity index (χ2v) is 8.26. The van der Waals surface area contributed by atoms with E-state index in [0.717, 1.165) is 30.7 Å². The molecule has 31 heavy (non-hydrogen) atoms. The first-order chi connectivity index (χ1) is 13.9. The van der Waals surface area contributed by atoms with Crippen LogP contribution < -0.4 is 24.0 Å². The number of benzene rings is 2. The summed E-state index contributed by atoms with van der Waals surface area (Å²) in [6, 6.07) is 11.2. The summed E-state index contributed by atoms with van der Waals surface area (Å²) in [5, 5.41) is 0. The fraction of sp³-hybridized carbons (Fsp3) is 0.455. The van der Waals surface area contributed by atoms with Crippen LogP contribution in [0.15, 0.2) is 48.5 Å². The van der Waals surface area contributed by atoms with Crippen molar-refractivity contribution in [3.63, 3.8) is 0 Å². The maximum atomic E-state index is 13.1. The molecule has 172 valence electrons. The van der Waals surface area contributed by atoms with Crippen LogP contribution in [0.5, 0.6) is 0 Å². The average Bonchev–Trinajstić information content (AvgIpc) is 2.64. The standard InChI is InChI=1S/C22H24F6NO.HI/c1-29(2)10-6-9-19(20(29)16-7-4-3-5-8-16)30-14-15-11-17(21(23,24)25)13-18(12-15)22(26,27)28;/h3-5,7-8,11-13,19-20H,6,9-10,14H2,1-2H3;1H/q+1;/p-1. The third-order valence-corrected chi connectivity index (χ3v) is 5.58. The van der Waals surface area contributed by atoms with E-state index in [1.807, 2.05) is 30.3 Å². The predicted molar refractivity (Wildman–Crippen MR) is 100 cm³/mol. The molecule has 2 atom stereocenters. The van der Waals surface area contributed by atoms with Crippen molar-refractivity contribution in [2.75, 3.05) is 20.6 Å². The van der Waals surface area contributed by atoms with Crippen LogP contribution in [0, 0.1) is 0 Å². The van der Waals surface area contributed by atoms with Gasteiger partial charge in [0.05, 0.1) is 38.4 Å². The van der Waals surface area contributed by atoms with Gasteiger partial charge in [0.2, 0.25) is 0 Å². The highest BCUT2D eigenvalue weighted by Gasteiger charge is 2.41. The largest absolute Gasteiger partial charge is 1.00 e. The van der Waals surface area contributed by atoms with Crippen LogP contribution in [0.4, 0.5) is 26.3 Å². The van der Waals surface area contributed by atoms with Crippen LogP contribution in [0.25, 0.3) is 0 Å². The molecular weight excluding hydrogens is 535 g/mol. The summed E-state index contributed by atoms with van der Waals surface area (Å²) in [6.45, 7) is 0.586. The van der Waals surface area contributed by atoms with Gasteiger partial charge in [-0.25, -0.2) is 0 Å². The topological polar surface area (TPSA) is 9.23 Å². The minimum atomic E-state index is -4.87. The third kappa shape index (κ3) is 6.35. The van der Waals surface area contributed by atoms with Gasteiger partial charge in [-0.2, -0.15) is 26.3 Å². The molecule has 1 aliphatic heterocycles. The minimum absolute atomic E-state index is 0. The van der Waals surface area contributed by atoms with E-state index in [0.29, 0.717) is 10.9 Å². The summed E-state index contributed by atoms with van der Waals surface area (Å²) in [4.78, 5) is 0. The molecule has 0 amide bonds. The molecule has 2 aromatic rings. The number of alkyl halides is 6. The molecule has 0 aliphatic carbocycles. The number of hydrogen-bond donors (Lipinski definition) is 0. The molecule has 0 saturated carbocycles. The zero-order valence-corrected chi connectivity index (χ0v) is 19.3. The second kappa shape index (κ2) is 9.66. The van der Waals surface area contributed by atoms with E-state index in [1.165, 1.54) is 0 Å². The highest BCUT2D eigenvalue weighted by Crippen LogP contribution is 2.39. The molecule has 2 nitrogen and oxygen atoms in total. The summed E-state index contributed by atoms with van der Waals surface area (Å²) in [5.41, 5.74) is -1.75. The Morgan fingerprint density at radius 1 is 0.903 bits per heavy atom. The molecule has 1 saturated heterocycles. The predicted octanol–water partition coefficient (Wildman–Crippen LogP) is 3.22. The van der Waals surface area contributed by atoms with Crippen LogP contribution in [-0.4, -0.2) is 31.2 Å². The minimum Gasteiger partial charge on any atom is -1.00 e. The van der Waals surface area contributed by atoms with Crippen LogP contribution in [0.3, 0.4) is 0 Å². The Labute approximate surface area is 194 Å². The molecule has 0 bridgehead atoms. The van der Waals surface area contributed by atoms with Gasteiger partial charge >= 0.3 is 12.4 Å². The number of rotatable bonds is 4. The SMILES string of the molecule is C[N+]1(C)CCCC(OCc2cc(C(F)(F)F)cc(C(F)(F)F)c2)C1c1ccccc1.[I-]. The molecule has 0 radical (unpaired) electrons. The van der Waals surface area contributed by atoms with Gasteiger partial charge in [-0.1, -0.05) is 30.3 Å². The molecule has 0 N–H and O–H groups in total. The first-order valence-corrected chi connectivity index (χ1v) is 9.65. The summed E-state index contributed by atoms with van der Waals surface area (Å²) >= 11 is 0. The number of halogens is 7. The van der Waals surface area contributed by atoms with Gasteiger partial charge in [0, 0.05) is 5.56 Å². The molecule has 3 rings (SSSR count). The lowest BCUT2D eigenvalue weighted by Crippen LogP contribution is -3.00. The second-order valence-electron chi connectivity index (χ2n) is 8.26. The van der Waals surface area contributed by atoms with Crippen molar-refractivity contribution in [3.8, 4) is 0 Å². The summed E-state index contributed by atoms with van der Waals surface area (Å²) in [6.07, 6.45) is -8.51. The summed E-state index contributed by atoms with van der Waals surface area (Å²) < 4.78 is 85.2. The van der Waals surface area contributed by atoms with Crippen molar-refractivity contribution in [2.45, 2.75) is 43.9 Å². The smallest absolute Gasteiger partial charge is 0.416 e. The summed E-state index contributed by atoms with van der Waals surface area (Å²) in [7, 11) is 4.11. The first kappa shape index (κ1) is 25.9. The maximum absolute atomic E-state index is 13.1. The highest BCUT2D eigenvalue weighted by molar-refractivity contribution is 5.33. The Bertz CT molecular complexity index is 834. The molecule has 2 unspecified atom stereocenters. The Balaban J connectivity index is 0.00000341. The fourth-order valence-corrected chi connectivity index (χ4v) is 4.20. The van der Waals surface area contributed by atoms with Crippen molar-refractivity contribution < 1.29 is 59.5 Å². The van der Waals surface area contributed by atoms with Crippen molar-refractivity contribution >= 4 is 0 Å². The molecular formula is C22H24F6INO. The van der Waals surface area contributed by atoms with Gasteiger partial charge in [-0.05, 0) is 36.6 Å². The quantitative estimate of drug-likeness (QED) is 0.318. The number of nitrogens with zero attached hydrogens (tertiary/aromatic N) is 1. The van der Waals surface area contributed by atoms with Gasteiger partial charge < -0.3 is 33.2 Å². The molecule has 1 aliphatic rings. The van der Waals surface area contributed by atoms with E-state index in [1.54, 1.807) is 0 Å². The van der Waals surface area contributed by atoms with Gasteiger partial charge in [0.15, 0.2) is 0 Å². The molecule has 9 heteroatoms.